The molecular formula is C31H24ClNO5. The van der Waals surface area contributed by atoms with Gasteiger partial charge in [-0.15, -0.1) is 0 Å². The van der Waals surface area contributed by atoms with E-state index in [2.05, 4.69) is 12.1 Å². The molecule has 0 saturated carbocycles. The summed E-state index contributed by atoms with van der Waals surface area (Å²) in [6, 6.07) is 24.3. The predicted octanol–water partition coefficient (Wildman–Crippen LogP) is 6.93. The van der Waals surface area contributed by atoms with Crippen LogP contribution in [-0.2, 0) is 13.2 Å². The summed E-state index contributed by atoms with van der Waals surface area (Å²) in [7, 11) is 0. The maximum atomic E-state index is 11.6. The molecule has 0 fully saturated rings. The minimum atomic E-state index is 0.226. The molecule has 0 spiro atoms. The van der Waals surface area contributed by atoms with Crippen molar-refractivity contribution in [1.29, 1.82) is 5.26 Å². The zero-order valence-electron chi connectivity index (χ0n) is 20.7. The Labute approximate surface area is 225 Å². The minimum Gasteiger partial charge on any atom is -0.488 e. The Balaban J connectivity index is 1.33. The molecule has 0 atom stereocenters. The van der Waals surface area contributed by atoms with E-state index in [1.807, 2.05) is 49.4 Å². The van der Waals surface area contributed by atoms with Crippen molar-refractivity contribution in [3.8, 4) is 40.2 Å². The highest BCUT2D eigenvalue weighted by molar-refractivity contribution is 6.32. The molecule has 1 heterocycles. The van der Waals surface area contributed by atoms with E-state index >= 15 is 0 Å². The number of aldehydes is 1. The molecule has 0 saturated heterocycles. The Hall–Kier alpha value is -4.47. The molecule has 38 heavy (non-hydrogen) atoms. The number of nitriles is 1. The van der Waals surface area contributed by atoms with Crippen molar-refractivity contribution >= 4 is 17.9 Å². The lowest BCUT2D eigenvalue weighted by Crippen LogP contribution is -2.15. The number of benzene rings is 4. The van der Waals surface area contributed by atoms with E-state index in [1.54, 1.807) is 18.2 Å². The lowest BCUT2D eigenvalue weighted by atomic mass is 9.96. The van der Waals surface area contributed by atoms with Crippen molar-refractivity contribution in [2.75, 3.05) is 13.2 Å². The van der Waals surface area contributed by atoms with Gasteiger partial charge in [-0.2, -0.15) is 5.26 Å². The number of halogens is 1. The second kappa shape index (κ2) is 11.3. The van der Waals surface area contributed by atoms with Crippen LogP contribution in [0.25, 0.3) is 11.1 Å². The first-order chi connectivity index (χ1) is 18.6. The Morgan fingerprint density at radius 3 is 2.45 bits per heavy atom. The van der Waals surface area contributed by atoms with Gasteiger partial charge in [-0.25, -0.2) is 0 Å². The molecule has 7 heteroatoms. The van der Waals surface area contributed by atoms with Gasteiger partial charge in [-0.3, -0.25) is 4.79 Å². The molecule has 4 aromatic rings. The second-order valence-corrected chi connectivity index (χ2v) is 9.18. The smallest absolute Gasteiger partial charge is 0.161 e. The first kappa shape index (κ1) is 25.2. The normalized spacial score (nSPS) is 11.9. The molecular weight excluding hydrogens is 502 g/mol. The number of nitrogens with zero attached hydrogens (tertiary/aromatic N) is 1. The van der Waals surface area contributed by atoms with Crippen LogP contribution in [-0.4, -0.2) is 19.5 Å². The van der Waals surface area contributed by atoms with Gasteiger partial charge in [0.05, 0.1) is 22.2 Å². The summed E-state index contributed by atoms with van der Waals surface area (Å²) in [6.07, 6.45) is 0.699. The van der Waals surface area contributed by atoms with E-state index in [0.29, 0.717) is 47.1 Å². The lowest BCUT2D eigenvalue weighted by Gasteiger charge is -2.20. The van der Waals surface area contributed by atoms with E-state index in [1.165, 1.54) is 6.07 Å². The average molecular weight is 526 g/mol. The summed E-state index contributed by atoms with van der Waals surface area (Å²) in [5.41, 5.74) is 5.92. The highest BCUT2D eigenvalue weighted by atomic mass is 35.5. The quantitative estimate of drug-likeness (QED) is 0.232. The third-order valence-electron chi connectivity index (χ3n) is 6.35. The third-order valence-corrected chi connectivity index (χ3v) is 6.65. The fourth-order valence-electron chi connectivity index (χ4n) is 4.23. The predicted molar refractivity (Wildman–Crippen MR) is 144 cm³/mol. The zero-order chi connectivity index (χ0) is 26.5. The maximum Gasteiger partial charge on any atom is 0.161 e. The fourth-order valence-corrected chi connectivity index (χ4v) is 4.46. The van der Waals surface area contributed by atoms with E-state index in [-0.39, 0.29) is 13.2 Å². The van der Waals surface area contributed by atoms with Crippen molar-refractivity contribution in [3.05, 3.63) is 106 Å². The number of rotatable bonds is 8. The monoisotopic (exact) mass is 525 g/mol. The van der Waals surface area contributed by atoms with E-state index < -0.39 is 0 Å². The largest absolute Gasteiger partial charge is 0.488 e. The van der Waals surface area contributed by atoms with Crippen LogP contribution in [0.1, 0.15) is 32.6 Å². The second-order valence-electron chi connectivity index (χ2n) is 8.77. The Bertz CT molecular complexity index is 1530. The minimum absolute atomic E-state index is 0.226. The maximum absolute atomic E-state index is 11.6. The van der Waals surface area contributed by atoms with Crippen LogP contribution in [0.15, 0.2) is 72.8 Å². The van der Waals surface area contributed by atoms with Crippen molar-refractivity contribution in [1.82, 2.24) is 0 Å². The highest BCUT2D eigenvalue weighted by Crippen LogP contribution is 2.37. The highest BCUT2D eigenvalue weighted by Gasteiger charge is 2.16. The van der Waals surface area contributed by atoms with Crippen LogP contribution in [0.3, 0.4) is 0 Å². The van der Waals surface area contributed by atoms with Crippen molar-refractivity contribution in [3.63, 3.8) is 0 Å². The molecule has 0 amide bonds. The number of carbonyl (C=O) groups is 1. The molecule has 0 aromatic heterocycles. The van der Waals surface area contributed by atoms with Crippen LogP contribution >= 0.6 is 11.6 Å². The standard InChI is InChI=1S/C31H24ClNO5/c1-20-24(3-2-4-26(20)23-9-10-28-31(14-23)36-12-11-35-28)19-38-30-15-29(25(17-34)13-27(30)32)37-18-22-7-5-21(16-33)6-8-22/h2-10,13-15,17H,11-12,18-19H2,1H3. The molecule has 0 bridgehead atoms. The summed E-state index contributed by atoms with van der Waals surface area (Å²) >= 11 is 6.44. The van der Waals surface area contributed by atoms with Crippen LogP contribution in [0.4, 0.5) is 0 Å². The Morgan fingerprint density at radius 2 is 1.68 bits per heavy atom. The van der Waals surface area contributed by atoms with Gasteiger partial charge < -0.3 is 18.9 Å². The van der Waals surface area contributed by atoms with Crippen molar-refractivity contribution < 1.29 is 23.7 Å². The van der Waals surface area contributed by atoms with Gasteiger partial charge in [0.15, 0.2) is 17.8 Å². The van der Waals surface area contributed by atoms with E-state index in [9.17, 15) is 4.79 Å². The van der Waals surface area contributed by atoms with Crippen LogP contribution in [0, 0.1) is 18.3 Å². The summed E-state index contributed by atoms with van der Waals surface area (Å²) in [5, 5.41) is 9.29. The molecule has 1 aliphatic rings. The van der Waals surface area contributed by atoms with Crippen LogP contribution in [0.5, 0.6) is 23.0 Å². The van der Waals surface area contributed by atoms with Gasteiger partial charge in [0, 0.05) is 6.07 Å². The fraction of sp³-hybridized carbons (Fsp3) is 0.161. The summed E-state index contributed by atoms with van der Waals surface area (Å²) in [6.45, 7) is 3.64. The number of ether oxygens (including phenoxy) is 4. The third kappa shape index (κ3) is 5.44. The van der Waals surface area contributed by atoms with Gasteiger partial charge in [0.25, 0.3) is 0 Å². The van der Waals surface area contributed by atoms with Crippen LogP contribution < -0.4 is 18.9 Å². The zero-order valence-corrected chi connectivity index (χ0v) is 21.5. The molecule has 0 radical (unpaired) electrons. The molecule has 0 aliphatic carbocycles. The lowest BCUT2D eigenvalue weighted by molar-refractivity contribution is 0.111. The molecule has 1 aliphatic heterocycles. The molecule has 6 nitrogen and oxygen atoms in total. The van der Waals surface area contributed by atoms with Crippen LogP contribution in [0.2, 0.25) is 5.02 Å². The molecule has 190 valence electrons. The topological polar surface area (TPSA) is 77.8 Å². The molecule has 0 unspecified atom stereocenters. The molecule has 0 N–H and O–H groups in total. The Kier molecular flexibility index (Phi) is 7.48. The summed E-state index contributed by atoms with van der Waals surface area (Å²) in [4.78, 5) is 11.6. The Morgan fingerprint density at radius 1 is 0.921 bits per heavy atom. The van der Waals surface area contributed by atoms with Crippen molar-refractivity contribution in [2.45, 2.75) is 20.1 Å². The number of carbonyl (C=O) groups excluding carboxylic acids is 1. The van der Waals surface area contributed by atoms with E-state index in [0.717, 1.165) is 39.3 Å². The number of hydrogen-bond donors (Lipinski definition) is 0. The van der Waals surface area contributed by atoms with Gasteiger partial charge in [0.2, 0.25) is 0 Å². The molecule has 4 aromatic carbocycles. The van der Waals surface area contributed by atoms with Gasteiger partial charge >= 0.3 is 0 Å². The average Bonchev–Trinajstić information content (AvgIpc) is 2.96. The van der Waals surface area contributed by atoms with Gasteiger partial charge in [-0.05, 0) is 65.1 Å². The molecule has 5 rings (SSSR count). The SMILES string of the molecule is Cc1c(COc2cc(OCc3ccc(C#N)cc3)c(C=O)cc2Cl)cccc1-c1ccc2c(c1)OCCO2. The first-order valence-electron chi connectivity index (χ1n) is 12.1. The first-order valence-corrected chi connectivity index (χ1v) is 12.5. The van der Waals surface area contributed by atoms with Gasteiger partial charge in [0.1, 0.15) is 37.9 Å². The number of hydrogen-bond acceptors (Lipinski definition) is 6. The summed E-state index contributed by atoms with van der Waals surface area (Å²) < 4.78 is 23.4. The summed E-state index contributed by atoms with van der Waals surface area (Å²) in [5.74, 6) is 2.27. The number of fused-ring (bicyclic) bond motifs is 1. The van der Waals surface area contributed by atoms with Crippen molar-refractivity contribution in [2.24, 2.45) is 0 Å². The van der Waals surface area contributed by atoms with Gasteiger partial charge in [-0.1, -0.05) is 48.0 Å². The van der Waals surface area contributed by atoms with E-state index in [4.69, 9.17) is 35.8 Å².